The Hall–Kier alpha value is -2.70. The quantitative estimate of drug-likeness (QED) is 0.410. The third-order valence-corrected chi connectivity index (χ3v) is 5.59. The van der Waals surface area contributed by atoms with Crippen LogP contribution >= 0.6 is 11.3 Å². The lowest BCUT2D eigenvalue weighted by atomic mass is 10.1. The first-order valence-electron chi connectivity index (χ1n) is 9.84. The molecule has 2 N–H and O–H groups in total. The molecule has 29 heavy (non-hydrogen) atoms. The minimum atomic E-state index is 0.611. The third kappa shape index (κ3) is 7.00. The van der Waals surface area contributed by atoms with Gasteiger partial charge in [-0.25, -0.2) is 4.98 Å². The van der Waals surface area contributed by atoms with Crippen LogP contribution in [0.5, 0.6) is 0 Å². The molecule has 3 aromatic rings. The summed E-state index contributed by atoms with van der Waals surface area (Å²) in [6.45, 7) is 4.78. The normalized spacial score (nSPS) is 11.4. The first-order chi connectivity index (χ1) is 14.3. The van der Waals surface area contributed by atoms with Crippen molar-refractivity contribution in [1.82, 2.24) is 15.6 Å². The summed E-state index contributed by atoms with van der Waals surface area (Å²) in [5, 5.41) is 7.73. The van der Waals surface area contributed by atoms with Crippen molar-refractivity contribution < 1.29 is 4.74 Å². The number of aliphatic imine (C=N–C) groups is 1. The molecule has 0 amide bonds. The maximum atomic E-state index is 5.80. The number of nitrogens with one attached hydrogen (secondary N) is 2. The zero-order chi connectivity index (χ0) is 20.3. The first-order valence-corrected chi connectivity index (χ1v) is 10.7. The lowest BCUT2D eigenvalue weighted by Gasteiger charge is -2.11. The molecule has 152 valence electrons. The lowest BCUT2D eigenvalue weighted by Crippen LogP contribution is -2.36. The zero-order valence-electron chi connectivity index (χ0n) is 17.0. The van der Waals surface area contributed by atoms with E-state index in [1.165, 1.54) is 21.6 Å². The summed E-state index contributed by atoms with van der Waals surface area (Å²) in [4.78, 5) is 10.0. The van der Waals surface area contributed by atoms with E-state index in [-0.39, 0.29) is 0 Å². The number of aromatic nitrogens is 1. The Balaban J connectivity index is 1.40. The minimum absolute atomic E-state index is 0.611. The smallest absolute Gasteiger partial charge is 0.191 e. The van der Waals surface area contributed by atoms with E-state index < -0.39 is 0 Å². The summed E-state index contributed by atoms with van der Waals surface area (Å²) in [7, 11) is 1.78. The Morgan fingerprint density at radius 2 is 1.59 bits per heavy atom. The van der Waals surface area contributed by atoms with Crippen molar-refractivity contribution in [3.05, 3.63) is 87.4 Å². The van der Waals surface area contributed by atoms with Gasteiger partial charge in [0.05, 0.1) is 19.8 Å². The fraction of sp³-hybridized carbons (Fsp3) is 0.304. The van der Waals surface area contributed by atoms with Crippen LogP contribution in [0.2, 0.25) is 0 Å². The molecule has 6 heteroatoms. The molecule has 0 radical (unpaired) electrons. The average Bonchev–Trinajstić information content (AvgIpc) is 3.24. The van der Waals surface area contributed by atoms with Crippen molar-refractivity contribution in [3.8, 4) is 0 Å². The number of nitrogens with zero attached hydrogens (tertiary/aromatic N) is 2. The van der Waals surface area contributed by atoms with E-state index in [2.05, 4.69) is 63.9 Å². The van der Waals surface area contributed by atoms with Crippen LogP contribution in [0.4, 0.5) is 0 Å². The molecule has 0 aliphatic heterocycles. The number of hydrogen-bond donors (Lipinski definition) is 2. The summed E-state index contributed by atoms with van der Waals surface area (Å²) < 4.78 is 5.80. The maximum absolute atomic E-state index is 5.80. The van der Waals surface area contributed by atoms with Crippen molar-refractivity contribution in [1.29, 1.82) is 0 Å². The SMILES string of the molecule is CCc1cnc(CNC(=NC)NCc2ccc(COCc3ccccc3)cc2)s1. The third-order valence-electron chi connectivity index (χ3n) is 4.44. The summed E-state index contributed by atoms with van der Waals surface area (Å²) in [5.41, 5.74) is 3.56. The molecule has 0 fully saturated rings. The molecule has 5 nitrogen and oxygen atoms in total. The number of rotatable bonds is 9. The Labute approximate surface area is 176 Å². The zero-order valence-corrected chi connectivity index (χ0v) is 17.8. The van der Waals surface area contributed by atoms with Crippen molar-refractivity contribution in [2.45, 2.75) is 39.6 Å². The highest BCUT2D eigenvalue weighted by molar-refractivity contribution is 7.11. The van der Waals surface area contributed by atoms with Gasteiger partial charge in [0.2, 0.25) is 0 Å². The van der Waals surface area contributed by atoms with Gasteiger partial charge in [0, 0.05) is 24.7 Å². The van der Waals surface area contributed by atoms with Crippen LogP contribution in [-0.2, 0) is 37.5 Å². The molecule has 3 rings (SSSR count). The van der Waals surface area contributed by atoms with Crippen LogP contribution in [0.1, 0.15) is 33.5 Å². The monoisotopic (exact) mass is 408 g/mol. The lowest BCUT2D eigenvalue weighted by molar-refractivity contribution is 0.107. The Morgan fingerprint density at radius 1 is 0.931 bits per heavy atom. The number of ether oxygens (including phenoxy) is 1. The Morgan fingerprint density at radius 3 is 2.24 bits per heavy atom. The van der Waals surface area contributed by atoms with E-state index in [9.17, 15) is 0 Å². The predicted octanol–water partition coefficient (Wildman–Crippen LogP) is 4.29. The van der Waals surface area contributed by atoms with Gasteiger partial charge in [-0.05, 0) is 23.1 Å². The number of benzene rings is 2. The number of aryl methyl sites for hydroxylation is 1. The summed E-state index contributed by atoms with van der Waals surface area (Å²) in [6, 6.07) is 18.7. The molecule has 0 aliphatic rings. The summed E-state index contributed by atoms with van der Waals surface area (Å²) in [5.74, 6) is 0.772. The first kappa shape index (κ1) is 21.0. The van der Waals surface area contributed by atoms with E-state index in [4.69, 9.17) is 4.74 Å². The van der Waals surface area contributed by atoms with Gasteiger partial charge in [0.15, 0.2) is 5.96 Å². The van der Waals surface area contributed by atoms with E-state index in [1.54, 1.807) is 18.4 Å². The summed E-state index contributed by atoms with van der Waals surface area (Å²) >= 11 is 1.74. The molecule has 2 aromatic carbocycles. The maximum Gasteiger partial charge on any atom is 0.191 e. The van der Waals surface area contributed by atoms with Crippen molar-refractivity contribution >= 4 is 17.3 Å². The molecule has 0 unspecified atom stereocenters. The highest BCUT2D eigenvalue weighted by atomic mass is 32.1. The second kappa shape index (κ2) is 11.3. The van der Waals surface area contributed by atoms with Gasteiger partial charge in [-0.1, -0.05) is 61.5 Å². The molecule has 0 atom stereocenters. The highest BCUT2D eigenvalue weighted by Crippen LogP contribution is 2.13. The Bertz CT molecular complexity index is 891. The highest BCUT2D eigenvalue weighted by Gasteiger charge is 2.03. The Kier molecular flexibility index (Phi) is 8.22. The number of thiazole rings is 1. The van der Waals surface area contributed by atoms with Gasteiger partial charge in [-0.15, -0.1) is 11.3 Å². The van der Waals surface area contributed by atoms with Crippen LogP contribution in [0.3, 0.4) is 0 Å². The van der Waals surface area contributed by atoms with Crippen LogP contribution < -0.4 is 10.6 Å². The van der Waals surface area contributed by atoms with Gasteiger partial charge in [-0.2, -0.15) is 0 Å². The number of guanidine groups is 1. The fourth-order valence-electron chi connectivity index (χ4n) is 2.77. The predicted molar refractivity (Wildman–Crippen MR) is 120 cm³/mol. The van der Waals surface area contributed by atoms with Crippen LogP contribution in [0, 0.1) is 0 Å². The van der Waals surface area contributed by atoms with E-state index in [0.29, 0.717) is 26.3 Å². The van der Waals surface area contributed by atoms with Crippen LogP contribution in [0.25, 0.3) is 0 Å². The van der Waals surface area contributed by atoms with Gasteiger partial charge >= 0.3 is 0 Å². The topological polar surface area (TPSA) is 58.5 Å². The van der Waals surface area contributed by atoms with E-state index >= 15 is 0 Å². The summed E-state index contributed by atoms with van der Waals surface area (Å²) in [6.07, 6.45) is 2.97. The second-order valence-corrected chi connectivity index (χ2v) is 7.85. The van der Waals surface area contributed by atoms with Crippen molar-refractivity contribution in [3.63, 3.8) is 0 Å². The molecule has 0 saturated carbocycles. The van der Waals surface area contributed by atoms with Crippen LogP contribution in [0.15, 0.2) is 65.8 Å². The van der Waals surface area contributed by atoms with Gasteiger partial charge in [-0.3, -0.25) is 4.99 Å². The van der Waals surface area contributed by atoms with E-state index in [0.717, 1.165) is 17.4 Å². The van der Waals surface area contributed by atoms with Gasteiger partial charge in [0.1, 0.15) is 5.01 Å². The molecule has 0 saturated heterocycles. The molecule has 0 spiro atoms. The van der Waals surface area contributed by atoms with Crippen molar-refractivity contribution in [2.24, 2.45) is 4.99 Å². The standard InChI is InChI=1S/C23H28N4OS/c1-3-21-14-25-22(29-21)15-27-23(24-2)26-13-18-9-11-20(12-10-18)17-28-16-19-7-5-4-6-8-19/h4-12,14H,3,13,15-17H2,1-2H3,(H2,24,26,27). The average molecular weight is 409 g/mol. The molecular formula is C23H28N4OS. The van der Waals surface area contributed by atoms with Gasteiger partial charge in [0.25, 0.3) is 0 Å². The molecule has 0 bridgehead atoms. The molecule has 0 aliphatic carbocycles. The van der Waals surface area contributed by atoms with Gasteiger partial charge < -0.3 is 15.4 Å². The largest absolute Gasteiger partial charge is 0.372 e. The fourth-order valence-corrected chi connectivity index (χ4v) is 3.58. The van der Waals surface area contributed by atoms with E-state index in [1.807, 2.05) is 24.4 Å². The van der Waals surface area contributed by atoms with Crippen LogP contribution in [-0.4, -0.2) is 18.0 Å². The molecule has 1 heterocycles. The molecular weight excluding hydrogens is 380 g/mol. The minimum Gasteiger partial charge on any atom is -0.372 e. The van der Waals surface area contributed by atoms with Crippen molar-refractivity contribution in [2.75, 3.05) is 7.05 Å². The number of hydrogen-bond acceptors (Lipinski definition) is 4. The molecule has 1 aromatic heterocycles. The second-order valence-electron chi connectivity index (χ2n) is 6.65.